The fraction of sp³-hybridized carbons (Fsp3) is 0.296. The molecule has 0 aromatic heterocycles. The lowest BCUT2D eigenvalue weighted by atomic mass is 9.86. The van der Waals surface area contributed by atoms with Crippen molar-refractivity contribution in [3.8, 4) is 0 Å². The van der Waals surface area contributed by atoms with E-state index in [9.17, 15) is 9.18 Å². The Labute approximate surface area is 178 Å². The van der Waals surface area contributed by atoms with Gasteiger partial charge in [0.2, 0.25) is 5.91 Å². The van der Waals surface area contributed by atoms with Gasteiger partial charge in [-0.1, -0.05) is 92.1 Å². The number of carbonyl (C=O) groups excluding carboxylic acids is 1. The molecule has 0 unspecified atom stereocenters. The van der Waals surface area contributed by atoms with Crippen molar-refractivity contribution >= 4 is 5.91 Å². The van der Waals surface area contributed by atoms with Crippen molar-refractivity contribution in [2.24, 2.45) is 5.92 Å². The van der Waals surface area contributed by atoms with E-state index in [1.807, 2.05) is 41.3 Å². The Balaban J connectivity index is 1.75. The summed E-state index contributed by atoms with van der Waals surface area (Å²) in [7, 11) is 0. The Hall–Kier alpha value is -2.94. The zero-order valence-corrected chi connectivity index (χ0v) is 17.2. The number of amides is 1. The number of carbonyl (C=O) groups is 1. The van der Waals surface area contributed by atoms with Crippen molar-refractivity contribution in [3.63, 3.8) is 0 Å². The molecule has 1 aliphatic rings. The van der Waals surface area contributed by atoms with Crippen LogP contribution in [0.4, 0.5) is 4.39 Å². The van der Waals surface area contributed by atoms with E-state index in [2.05, 4.69) is 24.3 Å². The lowest BCUT2D eigenvalue weighted by Crippen LogP contribution is -2.39. The summed E-state index contributed by atoms with van der Waals surface area (Å²) in [4.78, 5) is 15.8. The molecule has 154 valence electrons. The van der Waals surface area contributed by atoms with Gasteiger partial charge in [-0.05, 0) is 41.7 Å². The molecule has 0 heterocycles. The first kappa shape index (κ1) is 20.3. The van der Waals surface area contributed by atoms with Crippen LogP contribution in [0.25, 0.3) is 0 Å². The summed E-state index contributed by atoms with van der Waals surface area (Å²) in [5.74, 6) is 0.0115. The van der Waals surface area contributed by atoms with Gasteiger partial charge in [0, 0.05) is 12.5 Å². The Kier molecular flexibility index (Phi) is 6.58. The SMILES string of the molecule is O=C(C1CCCCC1)N(Cc1ccc(F)cc1)C(c1ccccc1)c1ccccc1. The average molecular weight is 402 g/mol. The van der Waals surface area contributed by atoms with E-state index in [-0.39, 0.29) is 23.7 Å². The first-order valence-corrected chi connectivity index (χ1v) is 10.9. The summed E-state index contributed by atoms with van der Waals surface area (Å²) in [5.41, 5.74) is 3.13. The highest BCUT2D eigenvalue weighted by Crippen LogP contribution is 2.34. The van der Waals surface area contributed by atoms with Crippen LogP contribution in [0.15, 0.2) is 84.9 Å². The van der Waals surface area contributed by atoms with Gasteiger partial charge < -0.3 is 4.90 Å². The van der Waals surface area contributed by atoms with Gasteiger partial charge in [-0.25, -0.2) is 4.39 Å². The predicted molar refractivity (Wildman–Crippen MR) is 118 cm³/mol. The third-order valence-electron chi connectivity index (χ3n) is 6.05. The lowest BCUT2D eigenvalue weighted by Gasteiger charge is -2.36. The normalized spacial score (nSPS) is 14.6. The van der Waals surface area contributed by atoms with Crippen LogP contribution in [0.3, 0.4) is 0 Å². The molecular formula is C27H28FNO. The van der Waals surface area contributed by atoms with Gasteiger partial charge in [-0.2, -0.15) is 0 Å². The van der Waals surface area contributed by atoms with E-state index in [0.29, 0.717) is 6.54 Å². The summed E-state index contributed by atoms with van der Waals surface area (Å²) in [6.45, 7) is 0.462. The first-order chi connectivity index (χ1) is 14.7. The Bertz CT molecular complexity index is 894. The molecule has 0 aliphatic heterocycles. The Morgan fingerprint density at radius 2 is 1.33 bits per heavy atom. The molecular weight excluding hydrogens is 373 g/mol. The molecule has 1 aliphatic carbocycles. The molecule has 1 saturated carbocycles. The minimum atomic E-state index is -0.258. The predicted octanol–water partition coefficient (Wildman–Crippen LogP) is 6.52. The molecule has 0 spiro atoms. The average Bonchev–Trinajstić information content (AvgIpc) is 2.81. The van der Waals surface area contributed by atoms with Gasteiger partial charge in [-0.15, -0.1) is 0 Å². The van der Waals surface area contributed by atoms with E-state index in [4.69, 9.17) is 0 Å². The smallest absolute Gasteiger partial charge is 0.226 e. The van der Waals surface area contributed by atoms with Crippen molar-refractivity contribution in [2.45, 2.75) is 44.7 Å². The van der Waals surface area contributed by atoms with Crippen LogP contribution in [-0.4, -0.2) is 10.8 Å². The summed E-state index contributed by atoms with van der Waals surface area (Å²) in [6, 6.07) is 26.8. The third-order valence-corrected chi connectivity index (χ3v) is 6.05. The second-order valence-corrected chi connectivity index (χ2v) is 8.15. The van der Waals surface area contributed by atoms with Crippen LogP contribution < -0.4 is 0 Å². The van der Waals surface area contributed by atoms with E-state index < -0.39 is 0 Å². The summed E-state index contributed by atoms with van der Waals surface area (Å²) < 4.78 is 13.5. The van der Waals surface area contributed by atoms with Gasteiger partial charge in [0.25, 0.3) is 0 Å². The fourth-order valence-corrected chi connectivity index (χ4v) is 4.49. The van der Waals surface area contributed by atoms with Crippen molar-refractivity contribution in [1.29, 1.82) is 0 Å². The second kappa shape index (κ2) is 9.71. The standard InChI is InChI=1S/C27H28FNO/c28-25-18-16-21(17-19-25)20-29(27(30)24-14-8-3-9-15-24)26(22-10-4-1-5-11-22)23-12-6-2-7-13-23/h1-2,4-7,10-13,16-19,24,26H,3,8-9,14-15,20H2. The fourth-order valence-electron chi connectivity index (χ4n) is 4.49. The Morgan fingerprint density at radius 1 is 0.800 bits per heavy atom. The van der Waals surface area contributed by atoms with Crippen LogP contribution in [0.5, 0.6) is 0 Å². The molecule has 1 fully saturated rings. The number of nitrogens with zero attached hydrogens (tertiary/aromatic N) is 1. The van der Waals surface area contributed by atoms with Crippen LogP contribution in [0, 0.1) is 11.7 Å². The Morgan fingerprint density at radius 3 is 1.87 bits per heavy atom. The molecule has 30 heavy (non-hydrogen) atoms. The molecule has 3 aromatic carbocycles. The van der Waals surface area contributed by atoms with Crippen LogP contribution in [0.1, 0.15) is 54.8 Å². The molecule has 0 radical (unpaired) electrons. The number of hydrogen-bond acceptors (Lipinski definition) is 1. The van der Waals surface area contributed by atoms with Gasteiger partial charge in [0.15, 0.2) is 0 Å². The molecule has 1 amide bonds. The van der Waals surface area contributed by atoms with Gasteiger partial charge in [0.1, 0.15) is 5.82 Å². The summed E-state index contributed by atoms with van der Waals surface area (Å²) in [6.07, 6.45) is 5.34. The van der Waals surface area contributed by atoms with E-state index in [0.717, 1.165) is 42.4 Å². The maximum atomic E-state index is 13.8. The van der Waals surface area contributed by atoms with Crippen molar-refractivity contribution in [1.82, 2.24) is 4.90 Å². The minimum absolute atomic E-state index is 0.0640. The topological polar surface area (TPSA) is 20.3 Å². The first-order valence-electron chi connectivity index (χ1n) is 10.9. The van der Waals surface area contributed by atoms with Gasteiger partial charge >= 0.3 is 0 Å². The van der Waals surface area contributed by atoms with E-state index in [1.165, 1.54) is 18.6 Å². The highest BCUT2D eigenvalue weighted by atomic mass is 19.1. The number of benzene rings is 3. The van der Waals surface area contributed by atoms with Crippen LogP contribution in [0.2, 0.25) is 0 Å². The van der Waals surface area contributed by atoms with Crippen LogP contribution >= 0.6 is 0 Å². The van der Waals surface area contributed by atoms with Crippen molar-refractivity contribution in [2.75, 3.05) is 0 Å². The molecule has 4 rings (SSSR count). The zero-order valence-electron chi connectivity index (χ0n) is 17.2. The monoisotopic (exact) mass is 401 g/mol. The largest absolute Gasteiger partial charge is 0.327 e. The summed E-state index contributed by atoms with van der Waals surface area (Å²) in [5, 5.41) is 0. The summed E-state index contributed by atoms with van der Waals surface area (Å²) >= 11 is 0. The molecule has 0 atom stereocenters. The maximum absolute atomic E-state index is 13.8. The lowest BCUT2D eigenvalue weighted by molar-refractivity contribution is -0.139. The molecule has 0 saturated heterocycles. The molecule has 3 heteroatoms. The molecule has 0 bridgehead atoms. The van der Waals surface area contributed by atoms with Crippen LogP contribution in [-0.2, 0) is 11.3 Å². The molecule has 0 N–H and O–H groups in total. The minimum Gasteiger partial charge on any atom is -0.327 e. The van der Waals surface area contributed by atoms with E-state index in [1.54, 1.807) is 12.1 Å². The number of halogens is 1. The van der Waals surface area contributed by atoms with Gasteiger partial charge in [-0.3, -0.25) is 4.79 Å². The van der Waals surface area contributed by atoms with Crippen molar-refractivity contribution in [3.05, 3.63) is 107 Å². The zero-order chi connectivity index (χ0) is 20.8. The van der Waals surface area contributed by atoms with Crippen molar-refractivity contribution < 1.29 is 9.18 Å². The highest BCUT2D eigenvalue weighted by molar-refractivity contribution is 5.80. The maximum Gasteiger partial charge on any atom is 0.226 e. The van der Waals surface area contributed by atoms with E-state index >= 15 is 0 Å². The number of hydrogen-bond donors (Lipinski definition) is 0. The molecule has 2 nitrogen and oxygen atoms in total. The molecule has 3 aromatic rings. The third kappa shape index (κ3) is 4.79. The highest BCUT2D eigenvalue weighted by Gasteiger charge is 2.32. The van der Waals surface area contributed by atoms with Gasteiger partial charge in [0.05, 0.1) is 6.04 Å². The quantitative estimate of drug-likeness (QED) is 0.460. The second-order valence-electron chi connectivity index (χ2n) is 8.15. The number of rotatable bonds is 6.